The molecule has 2 aromatic heterocycles. The van der Waals surface area contributed by atoms with Crippen LogP contribution in [0.2, 0.25) is 0 Å². The second-order valence-electron chi connectivity index (χ2n) is 6.15. The van der Waals surface area contributed by atoms with E-state index in [0.29, 0.717) is 0 Å². The quantitative estimate of drug-likeness (QED) is 0.343. The van der Waals surface area contributed by atoms with Crippen LogP contribution >= 0.6 is 23.1 Å². The van der Waals surface area contributed by atoms with Gasteiger partial charge in [-0.25, -0.2) is 9.97 Å². The molecule has 0 radical (unpaired) electrons. The van der Waals surface area contributed by atoms with Crippen molar-refractivity contribution < 1.29 is 14.3 Å². The summed E-state index contributed by atoms with van der Waals surface area (Å²) >= 11 is 2.80. The van der Waals surface area contributed by atoms with Crippen molar-refractivity contribution in [3.05, 3.63) is 53.2 Å². The lowest BCUT2D eigenvalue weighted by Crippen LogP contribution is -2.31. The number of nitrogens with zero attached hydrogens (tertiary/aromatic N) is 2. The predicted molar refractivity (Wildman–Crippen MR) is 111 cm³/mol. The molecule has 0 aliphatic rings. The van der Waals surface area contributed by atoms with Crippen LogP contribution in [0.4, 0.5) is 0 Å². The fraction of sp³-hybridized carbons (Fsp3) is 0.300. The Kier molecular flexibility index (Phi) is 7.00. The molecule has 1 atom stereocenters. The summed E-state index contributed by atoms with van der Waals surface area (Å²) in [5.74, 6) is -0.696. The van der Waals surface area contributed by atoms with Gasteiger partial charge in [-0.3, -0.25) is 9.59 Å². The van der Waals surface area contributed by atoms with E-state index in [0.717, 1.165) is 27.2 Å². The smallest absolute Gasteiger partial charge is 0.316 e. The van der Waals surface area contributed by atoms with Crippen LogP contribution in [0.3, 0.4) is 0 Å². The maximum Gasteiger partial charge on any atom is 0.316 e. The highest BCUT2D eigenvalue weighted by Crippen LogP contribution is 2.27. The lowest BCUT2D eigenvalue weighted by molar-refractivity contribution is -0.146. The zero-order chi connectivity index (χ0) is 19.9. The van der Waals surface area contributed by atoms with E-state index in [4.69, 9.17) is 4.74 Å². The van der Waals surface area contributed by atoms with Gasteiger partial charge in [-0.2, -0.15) is 0 Å². The van der Waals surface area contributed by atoms with Crippen LogP contribution in [-0.4, -0.2) is 34.2 Å². The largest absolute Gasteiger partial charge is 0.455 e. The lowest BCUT2D eigenvalue weighted by Gasteiger charge is -2.15. The third-order valence-electron chi connectivity index (χ3n) is 4.18. The number of thioether (sulfide) groups is 1. The van der Waals surface area contributed by atoms with Crippen LogP contribution in [0.15, 0.2) is 47.1 Å². The number of rotatable bonds is 8. The topological polar surface area (TPSA) is 81.2 Å². The number of hydrogen-bond donors (Lipinski definition) is 1. The number of hydrogen-bond acceptors (Lipinski definition) is 7. The Morgan fingerprint density at radius 1 is 1.21 bits per heavy atom. The Morgan fingerprint density at radius 2 is 2.00 bits per heavy atom. The lowest BCUT2D eigenvalue weighted by atomic mass is 10.1. The number of carbonyl (C=O) groups is 2. The highest BCUT2D eigenvalue weighted by molar-refractivity contribution is 8.00. The van der Waals surface area contributed by atoms with E-state index in [1.807, 2.05) is 42.6 Å². The summed E-state index contributed by atoms with van der Waals surface area (Å²) in [7, 11) is 0. The van der Waals surface area contributed by atoms with Gasteiger partial charge in [-0.15, -0.1) is 11.3 Å². The minimum Gasteiger partial charge on any atom is -0.455 e. The first-order valence-corrected chi connectivity index (χ1v) is 10.8. The van der Waals surface area contributed by atoms with E-state index < -0.39 is 5.97 Å². The molecule has 0 saturated heterocycles. The van der Waals surface area contributed by atoms with Crippen LogP contribution in [0.25, 0.3) is 10.2 Å². The minimum absolute atomic E-state index is 0.0866. The Hall–Kier alpha value is -2.45. The Morgan fingerprint density at radius 3 is 2.75 bits per heavy atom. The van der Waals surface area contributed by atoms with Crippen molar-refractivity contribution in [2.24, 2.45) is 0 Å². The van der Waals surface area contributed by atoms with E-state index >= 15 is 0 Å². The van der Waals surface area contributed by atoms with Gasteiger partial charge in [0.2, 0.25) is 0 Å². The fourth-order valence-electron chi connectivity index (χ4n) is 2.61. The molecule has 0 unspecified atom stereocenters. The molecule has 0 saturated carbocycles. The van der Waals surface area contributed by atoms with Crippen molar-refractivity contribution in [3.8, 4) is 0 Å². The standard InChI is InChI=1S/C20H21N3O3S2/c1-3-14-4-6-15(7-5-14)13(2)23-17(24)10-26-18(25)11-28-20-16-8-9-27-19(16)21-12-22-20/h4-9,12-13H,3,10-11H2,1-2H3,(H,23,24)/t13-/m1/s1. The number of thiophene rings is 1. The molecule has 3 rings (SSSR count). The SMILES string of the molecule is CCc1ccc([C@@H](C)NC(=O)COC(=O)CSc2ncnc3sccc23)cc1. The summed E-state index contributed by atoms with van der Waals surface area (Å²) in [6.07, 6.45) is 2.45. The third kappa shape index (κ3) is 5.30. The van der Waals surface area contributed by atoms with Crippen molar-refractivity contribution in [2.75, 3.05) is 12.4 Å². The molecule has 0 fully saturated rings. The number of benzene rings is 1. The number of nitrogens with one attached hydrogen (secondary N) is 1. The number of carbonyl (C=O) groups excluding carboxylic acids is 2. The summed E-state index contributed by atoms with van der Waals surface area (Å²) in [6, 6.07) is 9.87. The highest BCUT2D eigenvalue weighted by atomic mass is 32.2. The van der Waals surface area contributed by atoms with Gasteiger partial charge in [0.15, 0.2) is 6.61 Å². The molecule has 1 N–H and O–H groups in total. The molecule has 3 aromatic rings. The van der Waals surface area contributed by atoms with Gasteiger partial charge in [0.25, 0.3) is 5.91 Å². The molecule has 28 heavy (non-hydrogen) atoms. The predicted octanol–water partition coefficient (Wildman–Crippen LogP) is 3.77. The van der Waals surface area contributed by atoms with Gasteiger partial charge < -0.3 is 10.1 Å². The van der Waals surface area contributed by atoms with Crippen molar-refractivity contribution in [1.82, 2.24) is 15.3 Å². The summed E-state index contributed by atoms with van der Waals surface area (Å²) in [5, 5.41) is 6.43. The minimum atomic E-state index is -0.456. The fourth-order valence-corrected chi connectivity index (χ4v) is 4.18. The molecule has 2 heterocycles. The van der Waals surface area contributed by atoms with Gasteiger partial charge in [0, 0.05) is 5.39 Å². The van der Waals surface area contributed by atoms with Crippen LogP contribution in [0.5, 0.6) is 0 Å². The van der Waals surface area contributed by atoms with E-state index in [-0.39, 0.29) is 24.3 Å². The van der Waals surface area contributed by atoms with Crippen molar-refractivity contribution in [1.29, 1.82) is 0 Å². The average Bonchev–Trinajstić information content (AvgIpc) is 3.20. The van der Waals surface area contributed by atoms with Crippen LogP contribution in [0.1, 0.15) is 31.0 Å². The van der Waals surface area contributed by atoms with E-state index in [2.05, 4.69) is 22.2 Å². The van der Waals surface area contributed by atoms with E-state index in [1.165, 1.54) is 35.0 Å². The maximum absolute atomic E-state index is 12.1. The monoisotopic (exact) mass is 415 g/mol. The number of amides is 1. The molecule has 1 amide bonds. The third-order valence-corrected chi connectivity index (χ3v) is 5.98. The summed E-state index contributed by atoms with van der Waals surface area (Å²) in [4.78, 5) is 33.3. The summed E-state index contributed by atoms with van der Waals surface area (Å²) in [6.45, 7) is 3.70. The molecule has 0 bridgehead atoms. The molecule has 0 spiro atoms. The Bertz CT molecular complexity index is 957. The Balaban J connectivity index is 1.43. The maximum atomic E-state index is 12.1. The normalized spacial score (nSPS) is 11.9. The molecule has 0 aliphatic heterocycles. The molecular formula is C20H21N3O3S2. The van der Waals surface area contributed by atoms with E-state index in [1.54, 1.807) is 0 Å². The van der Waals surface area contributed by atoms with Gasteiger partial charge in [-0.1, -0.05) is 43.0 Å². The molecule has 6 nitrogen and oxygen atoms in total. The number of aromatic nitrogens is 2. The average molecular weight is 416 g/mol. The second kappa shape index (κ2) is 9.66. The Labute approximate surface area is 171 Å². The number of esters is 1. The first-order chi connectivity index (χ1) is 13.6. The summed E-state index contributed by atoms with van der Waals surface area (Å²) < 4.78 is 5.08. The van der Waals surface area contributed by atoms with Gasteiger partial charge in [0.05, 0.1) is 11.8 Å². The van der Waals surface area contributed by atoms with Crippen molar-refractivity contribution in [2.45, 2.75) is 31.3 Å². The van der Waals surface area contributed by atoms with E-state index in [9.17, 15) is 9.59 Å². The molecule has 8 heteroatoms. The zero-order valence-corrected chi connectivity index (χ0v) is 17.3. The number of ether oxygens (including phenoxy) is 1. The van der Waals surface area contributed by atoms with Gasteiger partial charge in [-0.05, 0) is 35.9 Å². The number of fused-ring (bicyclic) bond motifs is 1. The molecular weight excluding hydrogens is 394 g/mol. The van der Waals surface area contributed by atoms with Crippen LogP contribution in [0, 0.1) is 0 Å². The van der Waals surface area contributed by atoms with Crippen LogP contribution in [-0.2, 0) is 20.7 Å². The second-order valence-corrected chi connectivity index (χ2v) is 8.01. The number of aryl methyl sites for hydroxylation is 1. The van der Waals surface area contributed by atoms with Gasteiger partial charge in [0.1, 0.15) is 16.2 Å². The summed E-state index contributed by atoms with van der Waals surface area (Å²) in [5.41, 5.74) is 2.26. The van der Waals surface area contributed by atoms with Crippen molar-refractivity contribution >= 4 is 45.2 Å². The van der Waals surface area contributed by atoms with Crippen molar-refractivity contribution in [3.63, 3.8) is 0 Å². The zero-order valence-electron chi connectivity index (χ0n) is 15.7. The first kappa shape index (κ1) is 20.3. The molecule has 0 aliphatic carbocycles. The molecule has 1 aromatic carbocycles. The first-order valence-electron chi connectivity index (χ1n) is 8.91. The highest BCUT2D eigenvalue weighted by Gasteiger charge is 2.13. The molecule has 146 valence electrons. The van der Waals surface area contributed by atoms with Gasteiger partial charge >= 0.3 is 5.97 Å². The van der Waals surface area contributed by atoms with Crippen LogP contribution < -0.4 is 5.32 Å².